The first kappa shape index (κ1) is 25.7. The average molecular weight is 484 g/mol. The fourth-order valence-electron chi connectivity index (χ4n) is 3.51. The second-order valence-electron chi connectivity index (χ2n) is 8.62. The zero-order valence-electron chi connectivity index (χ0n) is 20.7. The van der Waals surface area contributed by atoms with Crippen molar-refractivity contribution in [1.82, 2.24) is 4.90 Å². The van der Waals surface area contributed by atoms with Gasteiger partial charge >= 0.3 is 0 Å². The van der Waals surface area contributed by atoms with E-state index in [1.807, 2.05) is 32.0 Å². The molecule has 0 aromatic heterocycles. The fourth-order valence-corrected chi connectivity index (χ4v) is 4.37. The zero-order valence-corrected chi connectivity index (χ0v) is 21.5. The SMILES string of the molecule is CCC(C)Oc1ccc(/C=C2\SC(=O)N(CCOc3cc(C)ccc3C(C)C)C2=O)cc1OC. The molecule has 1 aliphatic heterocycles. The van der Waals surface area contributed by atoms with Gasteiger partial charge in [-0.2, -0.15) is 0 Å². The Labute approximate surface area is 206 Å². The van der Waals surface area contributed by atoms with Gasteiger partial charge in [-0.3, -0.25) is 14.5 Å². The van der Waals surface area contributed by atoms with Gasteiger partial charge in [0.05, 0.1) is 24.7 Å². The molecule has 0 bridgehead atoms. The minimum absolute atomic E-state index is 0.0647. The van der Waals surface area contributed by atoms with Crippen LogP contribution in [0, 0.1) is 6.92 Å². The van der Waals surface area contributed by atoms with Crippen LogP contribution in [0.25, 0.3) is 6.08 Å². The number of thioether (sulfide) groups is 1. The summed E-state index contributed by atoms with van der Waals surface area (Å²) in [5.41, 5.74) is 2.97. The highest BCUT2D eigenvalue weighted by Gasteiger charge is 2.35. The Hall–Kier alpha value is -2.93. The molecule has 3 rings (SSSR count). The van der Waals surface area contributed by atoms with Crippen molar-refractivity contribution >= 4 is 29.0 Å². The molecule has 1 aliphatic rings. The maximum absolute atomic E-state index is 12.9. The second-order valence-corrected chi connectivity index (χ2v) is 9.62. The Bertz CT molecular complexity index is 1080. The van der Waals surface area contributed by atoms with E-state index in [1.54, 1.807) is 19.3 Å². The molecule has 0 saturated carbocycles. The largest absolute Gasteiger partial charge is 0.493 e. The van der Waals surface area contributed by atoms with E-state index in [2.05, 4.69) is 32.9 Å². The van der Waals surface area contributed by atoms with E-state index in [1.165, 1.54) is 4.90 Å². The normalized spacial score (nSPS) is 15.9. The van der Waals surface area contributed by atoms with Gasteiger partial charge < -0.3 is 14.2 Å². The summed E-state index contributed by atoms with van der Waals surface area (Å²) in [5.74, 6) is 2.03. The lowest BCUT2D eigenvalue weighted by molar-refractivity contribution is -0.123. The molecular formula is C27H33NO5S. The molecular weight excluding hydrogens is 450 g/mol. The lowest BCUT2D eigenvalue weighted by Crippen LogP contribution is -2.32. The average Bonchev–Trinajstić information content (AvgIpc) is 3.07. The van der Waals surface area contributed by atoms with Gasteiger partial charge in [-0.25, -0.2) is 0 Å². The monoisotopic (exact) mass is 483 g/mol. The van der Waals surface area contributed by atoms with Gasteiger partial charge in [0.2, 0.25) is 0 Å². The van der Waals surface area contributed by atoms with Crippen molar-refractivity contribution in [3.8, 4) is 17.2 Å². The summed E-state index contributed by atoms with van der Waals surface area (Å²) in [6, 6.07) is 11.6. The molecule has 34 heavy (non-hydrogen) atoms. The van der Waals surface area contributed by atoms with Crippen molar-refractivity contribution in [1.29, 1.82) is 0 Å². The van der Waals surface area contributed by atoms with Crippen LogP contribution in [0.2, 0.25) is 0 Å². The number of carbonyl (C=O) groups is 2. The molecule has 0 radical (unpaired) electrons. The number of ether oxygens (including phenoxy) is 3. The summed E-state index contributed by atoms with van der Waals surface area (Å²) in [6.45, 7) is 10.7. The minimum Gasteiger partial charge on any atom is -0.493 e. The summed E-state index contributed by atoms with van der Waals surface area (Å²) < 4.78 is 17.3. The van der Waals surface area contributed by atoms with E-state index in [9.17, 15) is 9.59 Å². The van der Waals surface area contributed by atoms with Gasteiger partial charge in [-0.15, -0.1) is 0 Å². The number of nitrogens with zero attached hydrogens (tertiary/aromatic N) is 1. The fraction of sp³-hybridized carbons (Fsp3) is 0.407. The number of benzene rings is 2. The van der Waals surface area contributed by atoms with Crippen LogP contribution in [-0.4, -0.2) is 42.4 Å². The smallest absolute Gasteiger partial charge is 0.293 e. The van der Waals surface area contributed by atoms with E-state index in [-0.39, 0.29) is 30.4 Å². The molecule has 2 aromatic carbocycles. The van der Waals surface area contributed by atoms with E-state index in [4.69, 9.17) is 14.2 Å². The first-order valence-electron chi connectivity index (χ1n) is 11.6. The topological polar surface area (TPSA) is 65.1 Å². The van der Waals surface area contributed by atoms with Crippen LogP contribution in [0.3, 0.4) is 0 Å². The molecule has 1 heterocycles. The van der Waals surface area contributed by atoms with Crippen LogP contribution in [0.15, 0.2) is 41.3 Å². The highest BCUT2D eigenvalue weighted by molar-refractivity contribution is 8.18. The zero-order chi connectivity index (χ0) is 24.8. The van der Waals surface area contributed by atoms with Crippen molar-refractivity contribution in [2.75, 3.05) is 20.3 Å². The van der Waals surface area contributed by atoms with Crippen LogP contribution in [0.1, 0.15) is 56.7 Å². The molecule has 1 saturated heterocycles. The van der Waals surface area contributed by atoms with Crippen LogP contribution < -0.4 is 14.2 Å². The quantitative estimate of drug-likeness (QED) is 0.363. The highest BCUT2D eigenvalue weighted by atomic mass is 32.2. The summed E-state index contributed by atoms with van der Waals surface area (Å²) in [7, 11) is 1.58. The Morgan fingerprint density at radius 3 is 2.47 bits per heavy atom. The number of carbonyl (C=O) groups excluding carboxylic acids is 2. The number of aryl methyl sites for hydroxylation is 1. The number of hydrogen-bond acceptors (Lipinski definition) is 6. The summed E-state index contributed by atoms with van der Waals surface area (Å²) in [6.07, 6.45) is 2.65. The maximum Gasteiger partial charge on any atom is 0.293 e. The Morgan fingerprint density at radius 1 is 1.03 bits per heavy atom. The molecule has 2 aromatic rings. The number of amides is 2. The highest BCUT2D eigenvalue weighted by Crippen LogP contribution is 2.35. The van der Waals surface area contributed by atoms with Crippen molar-refractivity contribution in [3.63, 3.8) is 0 Å². The first-order valence-corrected chi connectivity index (χ1v) is 12.4. The minimum atomic E-state index is -0.314. The van der Waals surface area contributed by atoms with Gasteiger partial charge in [0.15, 0.2) is 11.5 Å². The van der Waals surface area contributed by atoms with Crippen molar-refractivity contribution in [2.24, 2.45) is 0 Å². The molecule has 182 valence electrons. The Morgan fingerprint density at radius 2 is 1.79 bits per heavy atom. The van der Waals surface area contributed by atoms with Gasteiger partial charge in [0.25, 0.3) is 11.1 Å². The molecule has 2 amide bonds. The summed E-state index contributed by atoms with van der Waals surface area (Å²) in [4.78, 5) is 27.0. The van der Waals surface area contributed by atoms with Crippen LogP contribution in [-0.2, 0) is 4.79 Å². The lowest BCUT2D eigenvalue weighted by atomic mass is 10.0. The van der Waals surface area contributed by atoms with Crippen LogP contribution in [0.4, 0.5) is 4.79 Å². The summed E-state index contributed by atoms with van der Waals surface area (Å²) in [5, 5.41) is -0.295. The predicted molar refractivity (Wildman–Crippen MR) is 137 cm³/mol. The molecule has 1 unspecified atom stereocenters. The third-order valence-electron chi connectivity index (χ3n) is 5.63. The third kappa shape index (κ3) is 6.14. The molecule has 1 atom stereocenters. The van der Waals surface area contributed by atoms with Gasteiger partial charge in [-0.1, -0.05) is 39.0 Å². The Balaban J connectivity index is 1.68. The van der Waals surface area contributed by atoms with Gasteiger partial charge in [0, 0.05) is 0 Å². The van der Waals surface area contributed by atoms with Crippen molar-refractivity contribution in [2.45, 2.75) is 53.1 Å². The number of imide groups is 1. The predicted octanol–water partition coefficient (Wildman–Crippen LogP) is 6.42. The molecule has 6 nitrogen and oxygen atoms in total. The van der Waals surface area contributed by atoms with E-state index < -0.39 is 0 Å². The van der Waals surface area contributed by atoms with E-state index in [0.29, 0.717) is 22.3 Å². The van der Waals surface area contributed by atoms with Gasteiger partial charge in [0.1, 0.15) is 12.4 Å². The van der Waals surface area contributed by atoms with E-state index >= 15 is 0 Å². The molecule has 0 aliphatic carbocycles. The number of methoxy groups -OCH3 is 1. The van der Waals surface area contributed by atoms with E-state index in [0.717, 1.165) is 40.6 Å². The second kappa shape index (κ2) is 11.5. The molecule has 0 spiro atoms. The van der Waals surface area contributed by atoms with Crippen LogP contribution >= 0.6 is 11.8 Å². The molecule has 0 N–H and O–H groups in total. The first-order chi connectivity index (χ1) is 16.2. The van der Waals surface area contributed by atoms with Gasteiger partial charge in [-0.05, 0) is 78.9 Å². The Kier molecular flexibility index (Phi) is 8.67. The van der Waals surface area contributed by atoms with Crippen molar-refractivity contribution < 1.29 is 23.8 Å². The standard InChI is InChI=1S/C27H33NO5S/c1-7-19(5)33-22-11-9-20(15-24(22)31-6)16-25-26(29)28(27(30)34-25)12-13-32-23-14-18(4)8-10-21(23)17(2)3/h8-11,14-17,19H,7,12-13H2,1-6H3/b25-16-. The van der Waals surface area contributed by atoms with Crippen LogP contribution in [0.5, 0.6) is 17.2 Å². The lowest BCUT2D eigenvalue weighted by Gasteiger charge is -2.17. The number of hydrogen-bond donors (Lipinski definition) is 0. The summed E-state index contributed by atoms with van der Waals surface area (Å²) >= 11 is 0.936. The number of rotatable bonds is 10. The molecule has 1 fully saturated rings. The molecule has 7 heteroatoms. The van der Waals surface area contributed by atoms with Crippen molar-refractivity contribution in [3.05, 3.63) is 58.0 Å². The maximum atomic E-state index is 12.9. The third-order valence-corrected chi connectivity index (χ3v) is 6.53.